The van der Waals surface area contributed by atoms with Crippen LogP contribution in [0, 0.1) is 0 Å². The number of methoxy groups -OCH3 is 1. The van der Waals surface area contributed by atoms with Gasteiger partial charge in [0.25, 0.3) is 0 Å². The summed E-state index contributed by atoms with van der Waals surface area (Å²) in [5, 5.41) is 3.46. The van der Waals surface area contributed by atoms with Crippen molar-refractivity contribution in [1.82, 2.24) is 10.2 Å². The van der Waals surface area contributed by atoms with Crippen molar-refractivity contribution < 1.29 is 14.3 Å². The van der Waals surface area contributed by atoms with Gasteiger partial charge < -0.3 is 14.8 Å². The molecule has 0 atom stereocenters. The average Bonchev–Trinajstić information content (AvgIpc) is 2.95. The molecule has 1 N–H and O–H groups in total. The second kappa shape index (κ2) is 9.15. The molecule has 1 fully saturated rings. The summed E-state index contributed by atoms with van der Waals surface area (Å²) in [5.74, 6) is -0.179. The highest BCUT2D eigenvalue weighted by Crippen LogP contribution is 2.17. The third-order valence-electron chi connectivity index (χ3n) is 3.49. The summed E-state index contributed by atoms with van der Waals surface area (Å²) in [4.78, 5) is 16.0. The first kappa shape index (κ1) is 16.4. The largest absolute Gasteiger partial charge is 0.469 e. The second-order valence-corrected chi connectivity index (χ2v) is 6.36. The third kappa shape index (κ3) is 6.13. The number of nitrogens with one attached hydrogen (secondary N) is 1. The Morgan fingerprint density at radius 1 is 1.38 bits per heavy atom. The smallest absolute Gasteiger partial charge is 0.310 e. The lowest BCUT2D eigenvalue weighted by atomic mass is 10.3. The molecule has 0 aliphatic carbocycles. The molecule has 0 bridgehead atoms. The van der Waals surface area contributed by atoms with Crippen molar-refractivity contribution >= 4 is 17.3 Å². The van der Waals surface area contributed by atoms with Crippen molar-refractivity contribution in [3.05, 3.63) is 21.9 Å². The molecule has 1 aromatic heterocycles. The Morgan fingerprint density at radius 2 is 2.14 bits per heavy atom. The molecule has 2 rings (SSSR count). The normalized spacial score (nSPS) is 16.0. The fourth-order valence-corrected chi connectivity index (χ4v) is 3.26. The Balaban J connectivity index is 1.57. The van der Waals surface area contributed by atoms with E-state index in [0.717, 1.165) is 57.2 Å². The van der Waals surface area contributed by atoms with E-state index in [2.05, 4.69) is 21.0 Å². The zero-order valence-corrected chi connectivity index (χ0v) is 13.4. The van der Waals surface area contributed by atoms with Crippen LogP contribution in [0.5, 0.6) is 0 Å². The minimum Gasteiger partial charge on any atom is -0.469 e. The molecular weight excluding hydrogens is 288 g/mol. The number of esters is 1. The lowest BCUT2D eigenvalue weighted by Crippen LogP contribution is -2.37. The van der Waals surface area contributed by atoms with Crippen molar-refractivity contribution in [1.29, 1.82) is 0 Å². The fourth-order valence-electron chi connectivity index (χ4n) is 2.29. The molecule has 0 aromatic carbocycles. The Bertz CT molecular complexity index is 430. The maximum atomic E-state index is 11.2. The summed E-state index contributed by atoms with van der Waals surface area (Å²) in [6.07, 6.45) is 1.53. The molecule has 1 saturated heterocycles. The van der Waals surface area contributed by atoms with Crippen LogP contribution in [0.3, 0.4) is 0 Å². The van der Waals surface area contributed by atoms with E-state index in [-0.39, 0.29) is 5.97 Å². The van der Waals surface area contributed by atoms with Crippen LogP contribution in [-0.2, 0) is 27.2 Å². The molecule has 118 valence electrons. The topological polar surface area (TPSA) is 50.8 Å². The van der Waals surface area contributed by atoms with Crippen LogP contribution < -0.4 is 5.32 Å². The van der Waals surface area contributed by atoms with Gasteiger partial charge in [-0.25, -0.2) is 0 Å². The van der Waals surface area contributed by atoms with Gasteiger partial charge in [0.05, 0.1) is 26.7 Å². The van der Waals surface area contributed by atoms with Crippen LogP contribution in [-0.4, -0.2) is 57.4 Å². The van der Waals surface area contributed by atoms with E-state index in [9.17, 15) is 4.79 Å². The Kier molecular flexibility index (Phi) is 7.15. The predicted octanol–water partition coefficient (Wildman–Crippen LogP) is 1.28. The molecule has 0 saturated carbocycles. The number of morpholine rings is 1. The minimum atomic E-state index is -0.179. The number of thiophene rings is 1. The minimum absolute atomic E-state index is 0.179. The van der Waals surface area contributed by atoms with Gasteiger partial charge in [-0.2, -0.15) is 0 Å². The van der Waals surface area contributed by atoms with Crippen molar-refractivity contribution in [3.63, 3.8) is 0 Å². The lowest BCUT2D eigenvalue weighted by molar-refractivity contribution is -0.139. The monoisotopic (exact) mass is 312 g/mol. The number of hydrogen-bond acceptors (Lipinski definition) is 6. The van der Waals surface area contributed by atoms with E-state index in [4.69, 9.17) is 4.74 Å². The zero-order chi connectivity index (χ0) is 14.9. The molecule has 0 amide bonds. The van der Waals surface area contributed by atoms with Gasteiger partial charge in [0, 0.05) is 29.4 Å². The first-order valence-corrected chi connectivity index (χ1v) is 8.25. The Morgan fingerprint density at radius 3 is 2.90 bits per heavy atom. The number of carbonyl (C=O) groups is 1. The van der Waals surface area contributed by atoms with Crippen LogP contribution >= 0.6 is 11.3 Å². The molecule has 1 aliphatic rings. The van der Waals surface area contributed by atoms with Gasteiger partial charge in [-0.3, -0.25) is 9.69 Å². The summed E-state index contributed by atoms with van der Waals surface area (Å²) in [6.45, 7) is 6.87. The first-order chi connectivity index (χ1) is 10.3. The summed E-state index contributed by atoms with van der Waals surface area (Å²) in [5.41, 5.74) is 0. The van der Waals surface area contributed by atoms with Crippen LogP contribution in [0.2, 0.25) is 0 Å². The van der Waals surface area contributed by atoms with Crippen molar-refractivity contribution in [2.24, 2.45) is 0 Å². The first-order valence-electron chi connectivity index (χ1n) is 7.43. The number of carbonyl (C=O) groups excluding carboxylic acids is 1. The summed E-state index contributed by atoms with van der Waals surface area (Å²) in [7, 11) is 1.42. The maximum Gasteiger partial charge on any atom is 0.310 e. The molecule has 0 spiro atoms. The molecule has 6 heteroatoms. The van der Waals surface area contributed by atoms with Gasteiger partial charge in [-0.15, -0.1) is 11.3 Å². The zero-order valence-electron chi connectivity index (χ0n) is 12.6. The molecule has 21 heavy (non-hydrogen) atoms. The van der Waals surface area contributed by atoms with Crippen LogP contribution in [0.1, 0.15) is 16.2 Å². The molecule has 1 aromatic rings. The van der Waals surface area contributed by atoms with Crippen LogP contribution in [0.15, 0.2) is 12.1 Å². The molecule has 5 nitrogen and oxygen atoms in total. The average molecular weight is 312 g/mol. The highest BCUT2D eigenvalue weighted by atomic mass is 32.1. The lowest BCUT2D eigenvalue weighted by Gasteiger charge is -2.26. The quantitative estimate of drug-likeness (QED) is 0.579. The van der Waals surface area contributed by atoms with E-state index in [1.54, 1.807) is 11.3 Å². The van der Waals surface area contributed by atoms with Crippen molar-refractivity contribution in [2.45, 2.75) is 19.4 Å². The summed E-state index contributed by atoms with van der Waals surface area (Å²) in [6, 6.07) is 4.09. The van der Waals surface area contributed by atoms with E-state index in [0.29, 0.717) is 6.42 Å². The SMILES string of the molecule is COC(=O)Cc1ccc(CNCCCN2CCOCC2)s1. The Labute approximate surface area is 130 Å². The number of rotatable bonds is 8. The van der Waals surface area contributed by atoms with Crippen molar-refractivity contribution in [2.75, 3.05) is 46.5 Å². The summed E-state index contributed by atoms with van der Waals surface area (Å²) >= 11 is 1.67. The second-order valence-electron chi connectivity index (χ2n) is 5.11. The maximum absolute atomic E-state index is 11.2. The van der Waals surface area contributed by atoms with Gasteiger partial charge in [-0.1, -0.05) is 0 Å². The molecular formula is C15H24N2O3S. The molecule has 0 radical (unpaired) electrons. The summed E-state index contributed by atoms with van der Waals surface area (Å²) < 4.78 is 10.0. The van der Waals surface area contributed by atoms with Crippen LogP contribution in [0.4, 0.5) is 0 Å². The standard InChI is InChI=1S/C15H24N2O3S/c1-19-15(18)11-13-3-4-14(21-13)12-16-5-2-6-17-7-9-20-10-8-17/h3-4,16H,2,5-12H2,1H3. The van der Waals surface area contributed by atoms with E-state index < -0.39 is 0 Å². The fraction of sp³-hybridized carbons (Fsp3) is 0.667. The van der Waals surface area contributed by atoms with Crippen molar-refractivity contribution in [3.8, 4) is 0 Å². The molecule has 0 unspecified atom stereocenters. The van der Waals surface area contributed by atoms with Gasteiger partial charge in [-0.05, 0) is 31.6 Å². The van der Waals surface area contributed by atoms with E-state index in [1.807, 2.05) is 6.07 Å². The predicted molar refractivity (Wildman–Crippen MR) is 83.6 cm³/mol. The molecule has 1 aliphatic heterocycles. The number of hydrogen-bond donors (Lipinski definition) is 1. The highest BCUT2D eigenvalue weighted by Gasteiger charge is 2.09. The van der Waals surface area contributed by atoms with Gasteiger partial charge >= 0.3 is 5.97 Å². The number of ether oxygens (including phenoxy) is 2. The van der Waals surface area contributed by atoms with Crippen LogP contribution in [0.25, 0.3) is 0 Å². The van der Waals surface area contributed by atoms with E-state index in [1.165, 1.54) is 12.0 Å². The Hall–Kier alpha value is -0.950. The van der Waals surface area contributed by atoms with Gasteiger partial charge in [0.15, 0.2) is 0 Å². The highest BCUT2D eigenvalue weighted by molar-refractivity contribution is 7.12. The van der Waals surface area contributed by atoms with Gasteiger partial charge in [0.1, 0.15) is 0 Å². The number of nitrogens with zero attached hydrogens (tertiary/aromatic N) is 1. The molecule has 2 heterocycles. The van der Waals surface area contributed by atoms with E-state index >= 15 is 0 Å². The van der Waals surface area contributed by atoms with Gasteiger partial charge in [0.2, 0.25) is 0 Å². The third-order valence-corrected chi connectivity index (χ3v) is 4.58.